The highest BCUT2D eigenvalue weighted by Crippen LogP contribution is 2.23. The van der Waals surface area contributed by atoms with E-state index in [2.05, 4.69) is 17.4 Å². The van der Waals surface area contributed by atoms with Gasteiger partial charge in [0.1, 0.15) is 5.75 Å². The first-order valence-electron chi connectivity index (χ1n) is 7.38. The average Bonchev–Trinajstić information content (AvgIpc) is 2.40. The second kappa shape index (κ2) is 7.51. The molecule has 2 unspecified atom stereocenters. The number of aliphatic hydroxyl groups excluding tert-OH is 1. The number of benzene rings is 1. The Morgan fingerprint density at radius 2 is 2.26 bits per heavy atom. The Bertz CT molecular complexity index is 381. The first-order chi connectivity index (χ1) is 9.28. The molecule has 19 heavy (non-hydrogen) atoms. The normalized spacial score (nSPS) is 23.3. The summed E-state index contributed by atoms with van der Waals surface area (Å²) in [6.45, 7) is 4.57. The van der Waals surface area contributed by atoms with E-state index in [0.29, 0.717) is 12.5 Å². The molecule has 2 N–H and O–H groups in total. The first kappa shape index (κ1) is 14.4. The molecule has 1 aromatic rings. The highest BCUT2D eigenvalue weighted by Gasteiger charge is 2.19. The molecule has 1 aliphatic rings. The maximum Gasteiger partial charge on any atom is 0.119 e. The van der Waals surface area contributed by atoms with Gasteiger partial charge in [-0.15, -0.1) is 0 Å². The molecule has 0 aliphatic heterocycles. The zero-order chi connectivity index (χ0) is 13.5. The van der Waals surface area contributed by atoms with Gasteiger partial charge >= 0.3 is 0 Å². The summed E-state index contributed by atoms with van der Waals surface area (Å²) in [6, 6.07) is 8.23. The molecule has 0 spiro atoms. The second-order valence-electron chi connectivity index (χ2n) is 5.40. The van der Waals surface area contributed by atoms with Gasteiger partial charge in [0.25, 0.3) is 0 Å². The molecule has 0 radical (unpaired) electrons. The summed E-state index contributed by atoms with van der Waals surface area (Å²) in [4.78, 5) is 0. The van der Waals surface area contributed by atoms with E-state index in [1.54, 1.807) is 0 Å². The van der Waals surface area contributed by atoms with Crippen LogP contribution in [0.1, 0.15) is 38.2 Å². The lowest BCUT2D eigenvalue weighted by Gasteiger charge is -2.26. The first-order valence-corrected chi connectivity index (χ1v) is 7.38. The Hall–Kier alpha value is -1.06. The Kier molecular flexibility index (Phi) is 5.67. The van der Waals surface area contributed by atoms with Crippen molar-refractivity contribution in [3.63, 3.8) is 0 Å². The minimum atomic E-state index is -0.0816. The fraction of sp³-hybridized carbons (Fsp3) is 0.625. The number of rotatable bonds is 6. The molecule has 2 rings (SSSR count). The van der Waals surface area contributed by atoms with Crippen molar-refractivity contribution in [2.45, 2.75) is 45.3 Å². The van der Waals surface area contributed by atoms with E-state index in [-0.39, 0.29) is 6.10 Å². The lowest BCUT2D eigenvalue weighted by molar-refractivity contribution is 0.101. The standard InChI is InChI=1S/C16H25NO2/c1-2-19-16-8-4-6-14(10-16)12-17-11-13-5-3-7-15(18)9-13/h4,6,8,10,13,15,17-18H,2-3,5,7,9,11-12H2,1H3. The van der Waals surface area contributed by atoms with Crippen LogP contribution in [0, 0.1) is 5.92 Å². The molecule has 1 aromatic carbocycles. The van der Waals surface area contributed by atoms with Gasteiger partial charge in [0, 0.05) is 6.54 Å². The minimum absolute atomic E-state index is 0.0816. The van der Waals surface area contributed by atoms with Crippen molar-refractivity contribution in [1.29, 1.82) is 0 Å². The molecule has 1 saturated carbocycles. The Labute approximate surface area is 116 Å². The van der Waals surface area contributed by atoms with Crippen LogP contribution in [-0.4, -0.2) is 24.4 Å². The van der Waals surface area contributed by atoms with Crippen molar-refractivity contribution >= 4 is 0 Å². The van der Waals surface area contributed by atoms with Crippen molar-refractivity contribution < 1.29 is 9.84 Å². The highest BCUT2D eigenvalue weighted by atomic mass is 16.5. The molecule has 1 fully saturated rings. The van der Waals surface area contributed by atoms with E-state index < -0.39 is 0 Å². The average molecular weight is 263 g/mol. The summed E-state index contributed by atoms with van der Waals surface area (Å²) in [5.41, 5.74) is 1.25. The van der Waals surface area contributed by atoms with E-state index in [0.717, 1.165) is 38.1 Å². The number of ether oxygens (including phenoxy) is 1. The van der Waals surface area contributed by atoms with Gasteiger partial charge in [-0.25, -0.2) is 0 Å². The molecule has 1 aliphatic carbocycles. The van der Waals surface area contributed by atoms with E-state index in [4.69, 9.17) is 4.74 Å². The molecule has 0 saturated heterocycles. The van der Waals surface area contributed by atoms with Crippen LogP contribution in [0.3, 0.4) is 0 Å². The van der Waals surface area contributed by atoms with Gasteiger partial charge in [-0.2, -0.15) is 0 Å². The fourth-order valence-electron chi connectivity index (χ4n) is 2.78. The number of aliphatic hydroxyl groups is 1. The Morgan fingerprint density at radius 1 is 1.37 bits per heavy atom. The fourth-order valence-corrected chi connectivity index (χ4v) is 2.78. The van der Waals surface area contributed by atoms with Crippen LogP contribution < -0.4 is 10.1 Å². The zero-order valence-electron chi connectivity index (χ0n) is 11.8. The second-order valence-corrected chi connectivity index (χ2v) is 5.40. The van der Waals surface area contributed by atoms with Gasteiger partial charge in [0.15, 0.2) is 0 Å². The van der Waals surface area contributed by atoms with E-state index in [1.807, 2.05) is 19.1 Å². The SMILES string of the molecule is CCOc1cccc(CNCC2CCCC(O)C2)c1. The molecule has 3 heteroatoms. The topological polar surface area (TPSA) is 41.5 Å². The minimum Gasteiger partial charge on any atom is -0.494 e. The van der Waals surface area contributed by atoms with Crippen LogP contribution in [0.4, 0.5) is 0 Å². The molecule has 3 nitrogen and oxygen atoms in total. The van der Waals surface area contributed by atoms with E-state index in [9.17, 15) is 5.11 Å². The zero-order valence-corrected chi connectivity index (χ0v) is 11.8. The van der Waals surface area contributed by atoms with Crippen LogP contribution in [-0.2, 0) is 6.54 Å². The predicted molar refractivity (Wildman–Crippen MR) is 77.3 cm³/mol. The summed E-state index contributed by atoms with van der Waals surface area (Å²) in [6.07, 6.45) is 4.25. The van der Waals surface area contributed by atoms with Crippen LogP contribution >= 0.6 is 0 Å². The largest absolute Gasteiger partial charge is 0.494 e. The smallest absolute Gasteiger partial charge is 0.119 e. The van der Waals surface area contributed by atoms with Gasteiger partial charge < -0.3 is 15.2 Å². The van der Waals surface area contributed by atoms with Crippen molar-refractivity contribution in [3.8, 4) is 5.75 Å². The Balaban J connectivity index is 1.74. The summed E-state index contributed by atoms with van der Waals surface area (Å²) in [5, 5.41) is 13.1. The molecule has 0 heterocycles. The third-order valence-corrected chi connectivity index (χ3v) is 3.73. The maximum atomic E-state index is 9.65. The van der Waals surface area contributed by atoms with Crippen LogP contribution in [0.15, 0.2) is 24.3 Å². The molecular formula is C16H25NO2. The summed E-state index contributed by atoms with van der Waals surface area (Å²) in [7, 11) is 0. The summed E-state index contributed by atoms with van der Waals surface area (Å²) < 4.78 is 5.50. The van der Waals surface area contributed by atoms with Gasteiger partial charge in [-0.1, -0.05) is 18.6 Å². The predicted octanol–water partition coefficient (Wildman–Crippen LogP) is 2.73. The lowest BCUT2D eigenvalue weighted by atomic mass is 9.87. The van der Waals surface area contributed by atoms with Gasteiger partial charge in [-0.3, -0.25) is 0 Å². The van der Waals surface area contributed by atoms with Gasteiger partial charge in [-0.05, 0) is 56.3 Å². The van der Waals surface area contributed by atoms with Crippen LogP contribution in [0.5, 0.6) is 5.75 Å². The van der Waals surface area contributed by atoms with Crippen LogP contribution in [0.25, 0.3) is 0 Å². The number of nitrogens with one attached hydrogen (secondary N) is 1. The molecule has 2 atom stereocenters. The summed E-state index contributed by atoms with van der Waals surface area (Å²) >= 11 is 0. The van der Waals surface area contributed by atoms with E-state index in [1.165, 1.54) is 12.0 Å². The molecule has 0 amide bonds. The molecule has 106 valence electrons. The molecule has 0 aromatic heterocycles. The van der Waals surface area contributed by atoms with Crippen molar-refractivity contribution in [3.05, 3.63) is 29.8 Å². The number of hydrogen-bond donors (Lipinski definition) is 2. The summed E-state index contributed by atoms with van der Waals surface area (Å²) in [5.74, 6) is 1.56. The van der Waals surface area contributed by atoms with Crippen molar-refractivity contribution in [2.75, 3.05) is 13.2 Å². The third-order valence-electron chi connectivity index (χ3n) is 3.73. The number of hydrogen-bond acceptors (Lipinski definition) is 3. The van der Waals surface area contributed by atoms with Crippen LogP contribution in [0.2, 0.25) is 0 Å². The van der Waals surface area contributed by atoms with Gasteiger partial charge in [0.2, 0.25) is 0 Å². The van der Waals surface area contributed by atoms with Crippen molar-refractivity contribution in [2.24, 2.45) is 5.92 Å². The van der Waals surface area contributed by atoms with E-state index >= 15 is 0 Å². The quantitative estimate of drug-likeness (QED) is 0.829. The lowest BCUT2D eigenvalue weighted by Crippen LogP contribution is -2.28. The highest BCUT2D eigenvalue weighted by molar-refractivity contribution is 5.28. The maximum absolute atomic E-state index is 9.65. The third kappa shape index (κ3) is 4.84. The van der Waals surface area contributed by atoms with Crippen molar-refractivity contribution in [1.82, 2.24) is 5.32 Å². The molecule has 0 bridgehead atoms. The Morgan fingerprint density at radius 3 is 3.05 bits per heavy atom. The molecular weight excluding hydrogens is 238 g/mol. The van der Waals surface area contributed by atoms with Gasteiger partial charge in [0.05, 0.1) is 12.7 Å². The monoisotopic (exact) mass is 263 g/mol.